The van der Waals surface area contributed by atoms with Crippen LogP contribution in [0.4, 0.5) is 0 Å². The van der Waals surface area contributed by atoms with Gasteiger partial charge in [-0.1, -0.05) is 48.5 Å². The van der Waals surface area contributed by atoms with Gasteiger partial charge in [-0.05, 0) is 90.8 Å². The molecule has 5 fully saturated rings. The van der Waals surface area contributed by atoms with Gasteiger partial charge in [0, 0.05) is 17.8 Å². The van der Waals surface area contributed by atoms with Gasteiger partial charge in [-0.2, -0.15) is 5.26 Å². The molecule has 5 aliphatic rings. The first-order valence-electron chi connectivity index (χ1n) is 13.7. The summed E-state index contributed by atoms with van der Waals surface area (Å²) in [6, 6.07) is 2.34. The van der Waals surface area contributed by atoms with Gasteiger partial charge in [0.15, 0.2) is 5.78 Å². The number of carbonyl (C=O) groups excluding carboxylic acids is 2. The van der Waals surface area contributed by atoms with Gasteiger partial charge in [0.1, 0.15) is 11.7 Å². The summed E-state index contributed by atoms with van der Waals surface area (Å²) in [7, 11) is 0. The van der Waals surface area contributed by atoms with Crippen LogP contribution < -0.4 is 0 Å². The van der Waals surface area contributed by atoms with Crippen LogP contribution in [0.2, 0.25) is 0 Å². The molecule has 0 aromatic heterocycles. The molecular weight excluding hydrogens is 422 g/mol. The minimum Gasteiger partial charge on any atom is -0.390 e. The fourth-order valence-corrected chi connectivity index (χ4v) is 10.8. The fraction of sp³-hybridized carbons (Fsp3) is 0.900. The molecule has 0 saturated heterocycles. The Morgan fingerprint density at radius 1 is 0.853 bits per heavy atom. The minimum absolute atomic E-state index is 0.0315. The number of Topliss-reactive ketones (excluding diaryl/α,β-unsaturated/α-hetero) is 2. The summed E-state index contributed by atoms with van der Waals surface area (Å²) in [5.41, 5.74) is -1.46. The van der Waals surface area contributed by atoms with E-state index in [2.05, 4.69) is 40.7 Å². The van der Waals surface area contributed by atoms with Crippen molar-refractivity contribution in [2.75, 3.05) is 0 Å². The zero-order valence-corrected chi connectivity index (χ0v) is 22.5. The lowest BCUT2D eigenvalue weighted by Gasteiger charge is -2.72. The molecule has 9 atom stereocenters. The third-order valence-corrected chi connectivity index (χ3v) is 12.9. The second-order valence-corrected chi connectivity index (χ2v) is 15.2. The van der Waals surface area contributed by atoms with Crippen LogP contribution in [0.5, 0.6) is 0 Å². The molecule has 4 nitrogen and oxygen atoms in total. The van der Waals surface area contributed by atoms with Gasteiger partial charge in [-0.15, -0.1) is 0 Å². The maximum Gasteiger partial charge on any atom is 0.155 e. The zero-order valence-electron chi connectivity index (χ0n) is 22.5. The van der Waals surface area contributed by atoms with Crippen LogP contribution in [0.3, 0.4) is 0 Å². The first-order valence-corrected chi connectivity index (χ1v) is 13.7. The van der Waals surface area contributed by atoms with Gasteiger partial charge in [0.2, 0.25) is 0 Å². The molecule has 5 rings (SSSR count). The van der Waals surface area contributed by atoms with Crippen LogP contribution in [0.1, 0.15) is 106 Å². The molecule has 34 heavy (non-hydrogen) atoms. The molecule has 4 heteroatoms. The van der Waals surface area contributed by atoms with Crippen molar-refractivity contribution in [2.24, 2.45) is 56.7 Å². The van der Waals surface area contributed by atoms with Crippen LogP contribution in [0.25, 0.3) is 0 Å². The topological polar surface area (TPSA) is 78.2 Å². The van der Waals surface area contributed by atoms with Gasteiger partial charge in [0.05, 0.1) is 11.7 Å². The molecule has 1 N–H and O–H groups in total. The Labute approximate surface area is 206 Å². The summed E-state index contributed by atoms with van der Waals surface area (Å²) < 4.78 is 0. The quantitative estimate of drug-likeness (QED) is 0.466. The summed E-state index contributed by atoms with van der Waals surface area (Å²) >= 11 is 0. The van der Waals surface area contributed by atoms with Crippen molar-refractivity contribution in [2.45, 2.75) is 112 Å². The number of nitriles is 1. The van der Waals surface area contributed by atoms with Crippen LogP contribution in [-0.4, -0.2) is 22.3 Å². The standard InChI is InChI=1S/C30H45NO3/c1-25(2)10-12-30(34)13-11-29(7)23(19(30)16-25)20(32)14-22-27(5)15-18(17-31)24(33)26(3,4)21(27)8-9-28(22,29)6/h18-19,21-23,34H,8-16H2,1-7H3/t18?,19-,21-,22+,23-,27-,28+,29+,30-/m0/s1. The number of nitrogens with zero attached hydrogens (tertiary/aromatic N) is 1. The third-order valence-electron chi connectivity index (χ3n) is 12.9. The molecule has 0 spiro atoms. The number of hydrogen-bond acceptors (Lipinski definition) is 4. The van der Waals surface area contributed by atoms with E-state index in [4.69, 9.17) is 0 Å². The van der Waals surface area contributed by atoms with E-state index < -0.39 is 16.9 Å². The average Bonchev–Trinajstić information content (AvgIpc) is 2.74. The molecule has 0 aliphatic heterocycles. The second-order valence-electron chi connectivity index (χ2n) is 15.2. The molecule has 0 radical (unpaired) electrons. The summed E-state index contributed by atoms with van der Waals surface area (Å²) in [4.78, 5) is 27.4. The van der Waals surface area contributed by atoms with Crippen molar-refractivity contribution < 1.29 is 14.7 Å². The Kier molecular flexibility index (Phi) is 5.01. The molecule has 1 unspecified atom stereocenters. The lowest BCUT2D eigenvalue weighted by molar-refractivity contribution is -0.246. The Morgan fingerprint density at radius 2 is 1.50 bits per heavy atom. The SMILES string of the molecule is CC1(C)CC[C@]2(O)CC[C@]3(C)[C@H](C(=O)C[C@@H]4[C@@]5(C)CC(C#N)C(=O)C(C)(C)[C@@H]5CC[C@]43C)[C@@H]2C1. The van der Waals surface area contributed by atoms with Crippen molar-refractivity contribution in [3.63, 3.8) is 0 Å². The highest BCUT2D eigenvalue weighted by molar-refractivity contribution is 5.90. The van der Waals surface area contributed by atoms with Gasteiger partial charge in [0.25, 0.3) is 0 Å². The first kappa shape index (κ1) is 24.5. The number of fused-ring (bicyclic) bond motifs is 7. The molecular formula is C30H45NO3. The zero-order chi connectivity index (χ0) is 25.1. The third kappa shape index (κ3) is 2.86. The molecule has 5 saturated carbocycles. The predicted octanol–water partition coefficient (Wildman–Crippen LogP) is 6.11. The maximum absolute atomic E-state index is 14.2. The number of ketones is 2. The van der Waals surface area contributed by atoms with E-state index in [1.165, 1.54) is 0 Å². The largest absolute Gasteiger partial charge is 0.390 e. The number of aliphatic hydroxyl groups is 1. The van der Waals surface area contributed by atoms with Crippen molar-refractivity contribution in [1.29, 1.82) is 5.26 Å². The molecule has 0 amide bonds. The van der Waals surface area contributed by atoms with Crippen molar-refractivity contribution >= 4 is 11.6 Å². The average molecular weight is 468 g/mol. The lowest BCUT2D eigenvalue weighted by atomic mass is 9.31. The minimum atomic E-state index is -0.704. The van der Waals surface area contributed by atoms with Crippen LogP contribution in [-0.2, 0) is 9.59 Å². The van der Waals surface area contributed by atoms with E-state index in [1.807, 2.05) is 13.8 Å². The van der Waals surface area contributed by atoms with Gasteiger partial charge in [-0.25, -0.2) is 0 Å². The molecule has 188 valence electrons. The molecule has 0 heterocycles. The fourth-order valence-electron chi connectivity index (χ4n) is 10.8. The van der Waals surface area contributed by atoms with E-state index in [0.717, 1.165) is 44.9 Å². The highest BCUT2D eigenvalue weighted by Gasteiger charge is 2.72. The maximum atomic E-state index is 14.2. The van der Waals surface area contributed by atoms with Crippen molar-refractivity contribution in [3.8, 4) is 6.07 Å². The van der Waals surface area contributed by atoms with Crippen LogP contribution in [0, 0.1) is 68.0 Å². The summed E-state index contributed by atoms with van der Waals surface area (Å²) in [6.45, 7) is 15.8. The molecule has 5 aliphatic carbocycles. The smallest absolute Gasteiger partial charge is 0.155 e. The van der Waals surface area contributed by atoms with Gasteiger partial charge < -0.3 is 5.11 Å². The van der Waals surface area contributed by atoms with Gasteiger partial charge >= 0.3 is 0 Å². The second kappa shape index (κ2) is 6.96. The highest BCUT2D eigenvalue weighted by Crippen LogP contribution is 2.75. The Hall–Kier alpha value is -1.21. The van der Waals surface area contributed by atoms with E-state index in [0.29, 0.717) is 18.6 Å². The summed E-state index contributed by atoms with van der Waals surface area (Å²) in [5, 5.41) is 21.6. The normalized spacial score (nSPS) is 53.6. The van der Waals surface area contributed by atoms with Crippen LogP contribution >= 0.6 is 0 Å². The number of hydrogen-bond donors (Lipinski definition) is 1. The highest BCUT2D eigenvalue weighted by atomic mass is 16.3. The molecule has 0 aromatic carbocycles. The monoisotopic (exact) mass is 467 g/mol. The predicted molar refractivity (Wildman–Crippen MR) is 131 cm³/mol. The van der Waals surface area contributed by atoms with E-state index in [9.17, 15) is 20.0 Å². The van der Waals surface area contributed by atoms with E-state index >= 15 is 0 Å². The summed E-state index contributed by atoms with van der Waals surface area (Å²) in [5.74, 6) is 0.209. The van der Waals surface area contributed by atoms with Crippen molar-refractivity contribution in [1.82, 2.24) is 0 Å². The molecule has 0 aromatic rings. The van der Waals surface area contributed by atoms with Gasteiger partial charge in [-0.3, -0.25) is 9.59 Å². The molecule has 0 bridgehead atoms. The summed E-state index contributed by atoms with van der Waals surface area (Å²) in [6.07, 6.45) is 7.59. The lowest BCUT2D eigenvalue weighted by Crippen LogP contribution is -2.70. The van der Waals surface area contributed by atoms with E-state index in [-0.39, 0.29) is 51.1 Å². The van der Waals surface area contributed by atoms with Crippen LogP contribution in [0.15, 0.2) is 0 Å². The number of carbonyl (C=O) groups is 2. The Balaban J connectivity index is 1.60. The number of rotatable bonds is 0. The Morgan fingerprint density at radius 3 is 2.15 bits per heavy atom. The first-order chi connectivity index (χ1) is 15.6. The van der Waals surface area contributed by atoms with Crippen molar-refractivity contribution in [3.05, 3.63) is 0 Å². The Bertz CT molecular complexity index is 976. The van der Waals surface area contributed by atoms with E-state index in [1.54, 1.807) is 0 Å².